The zero-order chi connectivity index (χ0) is 30.7. The molecule has 4 aromatic rings. The lowest BCUT2D eigenvalue weighted by atomic mass is 9.93. The van der Waals surface area contributed by atoms with E-state index >= 15 is 0 Å². The number of amides is 1. The first-order valence-corrected chi connectivity index (χ1v) is 16.5. The second-order valence-electron chi connectivity index (χ2n) is 11.3. The van der Waals surface area contributed by atoms with Crippen LogP contribution in [0.3, 0.4) is 0 Å². The van der Waals surface area contributed by atoms with E-state index in [2.05, 4.69) is 20.1 Å². The Kier molecular flexibility index (Phi) is 7.60. The Labute approximate surface area is 258 Å². The Morgan fingerprint density at radius 2 is 1.95 bits per heavy atom. The molecule has 1 aliphatic heterocycles. The van der Waals surface area contributed by atoms with Crippen LogP contribution in [0, 0.1) is 5.82 Å². The Bertz CT molecular complexity index is 1840. The zero-order valence-corrected chi connectivity index (χ0v) is 26.1. The van der Waals surface area contributed by atoms with E-state index in [1.165, 1.54) is 12.1 Å². The number of fused-ring (bicyclic) bond motifs is 1. The van der Waals surface area contributed by atoms with Crippen LogP contribution in [0.15, 0.2) is 36.5 Å². The number of benzene rings is 2. The maximum atomic E-state index is 14.7. The molecule has 1 amide bonds. The molecule has 1 fully saturated rings. The van der Waals surface area contributed by atoms with Crippen molar-refractivity contribution in [2.75, 3.05) is 12.8 Å². The smallest absolute Gasteiger partial charge is 0.256 e. The van der Waals surface area contributed by atoms with Crippen LogP contribution < -0.4 is 4.72 Å². The molecule has 226 valence electrons. The van der Waals surface area contributed by atoms with E-state index in [0.717, 1.165) is 34.3 Å². The summed E-state index contributed by atoms with van der Waals surface area (Å²) < 4.78 is 43.3. The van der Waals surface area contributed by atoms with Gasteiger partial charge in [-0.1, -0.05) is 28.4 Å². The van der Waals surface area contributed by atoms with Crippen LogP contribution in [0.4, 0.5) is 4.39 Å². The van der Waals surface area contributed by atoms with Crippen molar-refractivity contribution in [3.8, 4) is 11.3 Å². The molecular weight excluding hydrogens is 616 g/mol. The van der Waals surface area contributed by atoms with E-state index in [9.17, 15) is 17.6 Å². The SMILES string of the molecule is C[C@H]1c2nn(C)c(-c3cc(Cl)cc(C4(NS(C)(=O)=O)CC4)c3)c2CCN1C(=O)c1cc(F)cc(CCc2c[nH]nn2)c1Cl. The summed E-state index contributed by atoms with van der Waals surface area (Å²) in [5.41, 5.74) is 4.85. The number of H-pyrrole nitrogens is 1. The van der Waals surface area contributed by atoms with Gasteiger partial charge in [0.05, 0.1) is 45.5 Å². The molecule has 2 aromatic heterocycles. The van der Waals surface area contributed by atoms with Crippen molar-refractivity contribution in [1.82, 2.24) is 34.8 Å². The zero-order valence-electron chi connectivity index (χ0n) is 23.8. The molecule has 2 N–H and O–H groups in total. The van der Waals surface area contributed by atoms with Crippen molar-refractivity contribution in [2.45, 2.75) is 50.6 Å². The van der Waals surface area contributed by atoms with Gasteiger partial charge < -0.3 is 4.90 Å². The minimum atomic E-state index is -3.42. The lowest BCUT2D eigenvalue weighted by Gasteiger charge is -2.33. The third kappa shape index (κ3) is 5.81. The summed E-state index contributed by atoms with van der Waals surface area (Å²) in [7, 11) is -1.59. The molecule has 1 saturated carbocycles. The van der Waals surface area contributed by atoms with Crippen molar-refractivity contribution in [3.05, 3.63) is 86.0 Å². The molecule has 6 rings (SSSR count). The number of hydrogen-bond acceptors (Lipinski definition) is 6. The maximum Gasteiger partial charge on any atom is 0.256 e. The number of aryl methyl sites for hydroxylation is 3. The number of carbonyl (C=O) groups is 1. The fourth-order valence-electron chi connectivity index (χ4n) is 6.06. The highest BCUT2D eigenvalue weighted by Gasteiger charge is 2.47. The number of nitrogens with zero attached hydrogens (tertiary/aromatic N) is 5. The first-order valence-electron chi connectivity index (χ1n) is 13.9. The van der Waals surface area contributed by atoms with E-state index in [1.807, 2.05) is 26.1 Å². The second kappa shape index (κ2) is 11.0. The van der Waals surface area contributed by atoms with Crippen LogP contribution in [0.5, 0.6) is 0 Å². The molecule has 43 heavy (non-hydrogen) atoms. The largest absolute Gasteiger partial charge is 0.330 e. The predicted octanol–water partition coefficient (Wildman–Crippen LogP) is 4.73. The van der Waals surface area contributed by atoms with Gasteiger partial charge in [-0.2, -0.15) is 5.10 Å². The first-order chi connectivity index (χ1) is 20.3. The topological polar surface area (TPSA) is 126 Å². The first kappa shape index (κ1) is 29.7. The van der Waals surface area contributed by atoms with Gasteiger partial charge in [0.25, 0.3) is 5.91 Å². The number of sulfonamides is 1. The second-order valence-corrected chi connectivity index (χ2v) is 13.9. The highest BCUT2D eigenvalue weighted by molar-refractivity contribution is 7.88. The molecule has 14 heteroatoms. The normalized spacial score (nSPS) is 17.6. The minimum absolute atomic E-state index is 0.107. The van der Waals surface area contributed by atoms with E-state index < -0.39 is 27.4 Å². The van der Waals surface area contributed by atoms with Crippen LogP contribution in [0.1, 0.15) is 64.2 Å². The maximum absolute atomic E-state index is 14.7. The standard InChI is InChI=1S/C29H30Cl2FN7O3S/c1-16-26-23(27(38(2)35-26)18-10-19(13-20(30)11-18)29(7-8-29)36-43(3,41)42)6-9-39(16)28(40)24-14-21(32)12-17(25(24)31)4-5-22-15-33-37-34-22/h10-16,36H,4-9H2,1-3H3,(H,33,34,37)/t16-/m0/s1. The number of rotatable bonds is 8. The lowest BCUT2D eigenvalue weighted by molar-refractivity contribution is 0.0673. The summed E-state index contributed by atoms with van der Waals surface area (Å²) in [6, 6.07) is 7.72. The van der Waals surface area contributed by atoms with E-state index in [4.69, 9.17) is 28.3 Å². The number of hydrogen-bond donors (Lipinski definition) is 2. The van der Waals surface area contributed by atoms with Gasteiger partial charge >= 0.3 is 0 Å². The number of carbonyl (C=O) groups excluding carboxylic acids is 1. The van der Waals surface area contributed by atoms with Gasteiger partial charge in [0.2, 0.25) is 10.0 Å². The van der Waals surface area contributed by atoms with Crippen LogP contribution in [0.25, 0.3) is 11.3 Å². The Morgan fingerprint density at radius 1 is 1.19 bits per heavy atom. The Morgan fingerprint density at radius 3 is 2.63 bits per heavy atom. The van der Waals surface area contributed by atoms with Crippen LogP contribution in [0.2, 0.25) is 10.0 Å². The van der Waals surface area contributed by atoms with Gasteiger partial charge in [-0.25, -0.2) is 17.5 Å². The molecular formula is C29H30Cl2FN7O3S. The lowest BCUT2D eigenvalue weighted by Crippen LogP contribution is -2.39. The summed E-state index contributed by atoms with van der Waals surface area (Å²) in [5.74, 6) is -0.908. The van der Waals surface area contributed by atoms with Crippen molar-refractivity contribution in [1.29, 1.82) is 0 Å². The molecule has 0 spiro atoms. The minimum Gasteiger partial charge on any atom is -0.330 e. The van der Waals surface area contributed by atoms with Gasteiger partial charge in [-0.3, -0.25) is 14.6 Å². The monoisotopic (exact) mass is 645 g/mol. The van der Waals surface area contributed by atoms with Crippen molar-refractivity contribution in [3.63, 3.8) is 0 Å². The molecule has 2 aromatic carbocycles. The molecule has 2 aliphatic rings. The van der Waals surface area contributed by atoms with Crippen molar-refractivity contribution < 1.29 is 17.6 Å². The predicted molar refractivity (Wildman–Crippen MR) is 161 cm³/mol. The van der Waals surface area contributed by atoms with E-state index in [-0.39, 0.29) is 16.5 Å². The van der Waals surface area contributed by atoms with Gasteiger partial charge in [0.1, 0.15) is 5.82 Å². The number of aromatic amines is 1. The summed E-state index contributed by atoms with van der Waals surface area (Å²) in [6.45, 7) is 2.27. The molecule has 0 radical (unpaired) electrons. The number of nitrogens with one attached hydrogen (secondary N) is 2. The quantitative estimate of drug-likeness (QED) is 0.285. The fourth-order valence-corrected chi connectivity index (χ4v) is 7.61. The third-order valence-electron chi connectivity index (χ3n) is 8.22. The van der Waals surface area contributed by atoms with Crippen molar-refractivity contribution >= 4 is 39.1 Å². The van der Waals surface area contributed by atoms with Crippen molar-refractivity contribution in [2.24, 2.45) is 7.05 Å². The third-order valence-corrected chi connectivity index (χ3v) is 9.64. The van der Waals surface area contributed by atoms with E-state index in [0.29, 0.717) is 54.9 Å². The molecule has 10 nitrogen and oxygen atoms in total. The molecule has 0 unspecified atom stereocenters. The highest BCUT2D eigenvalue weighted by atomic mass is 35.5. The summed E-state index contributed by atoms with van der Waals surface area (Å²) in [5, 5.41) is 15.8. The molecule has 1 aliphatic carbocycles. The van der Waals surface area contributed by atoms with Gasteiger partial charge in [0, 0.05) is 35.9 Å². The van der Waals surface area contributed by atoms with E-state index in [1.54, 1.807) is 21.8 Å². The number of aromatic nitrogens is 5. The average Bonchev–Trinajstić information content (AvgIpc) is 3.34. The van der Waals surface area contributed by atoms with Gasteiger partial charge in [-0.05, 0) is 80.5 Å². The highest BCUT2D eigenvalue weighted by Crippen LogP contribution is 2.48. The van der Waals surface area contributed by atoms with Gasteiger partial charge in [-0.15, -0.1) is 5.10 Å². The molecule has 0 saturated heterocycles. The molecule has 0 bridgehead atoms. The summed E-state index contributed by atoms with van der Waals surface area (Å²) >= 11 is 13.2. The van der Waals surface area contributed by atoms with Crippen LogP contribution >= 0.6 is 23.2 Å². The number of halogens is 3. The summed E-state index contributed by atoms with van der Waals surface area (Å²) in [6.07, 6.45) is 5.58. The average molecular weight is 647 g/mol. The van der Waals surface area contributed by atoms with Gasteiger partial charge in [0.15, 0.2) is 0 Å². The Hall–Kier alpha value is -3.32. The molecule has 1 atom stereocenters. The fraction of sp³-hybridized carbons (Fsp3) is 0.379. The van der Waals surface area contributed by atoms with Crippen LogP contribution in [-0.2, 0) is 41.9 Å². The summed E-state index contributed by atoms with van der Waals surface area (Å²) in [4.78, 5) is 15.5. The molecule has 3 heterocycles. The van der Waals surface area contributed by atoms with Crippen LogP contribution in [-0.4, -0.2) is 57.2 Å². The Balaban J connectivity index is 1.29.